The summed E-state index contributed by atoms with van der Waals surface area (Å²) in [5.74, 6) is 0.731. The average molecular weight is 372 g/mol. The number of methoxy groups -OCH3 is 1. The van der Waals surface area contributed by atoms with Gasteiger partial charge in [-0.15, -0.1) is 0 Å². The summed E-state index contributed by atoms with van der Waals surface area (Å²) in [4.78, 5) is 12.2. The fourth-order valence-electron chi connectivity index (χ4n) is 2.57. The first-order valence-corrected chi connectivity index (χ1v) is 8.28. The molecular formula is C16H22BrNO4. The Morgan fingerprint density at radius 1 is 1.50 bits per heavy atom. The van der Waals surface area contributed by atoms with E-state index in [0.717, 1.165) is 17.3 Å². The highest BCUT2D eigenvalue weighted by molar-refractivity contribution is 9.10. The number of aliphatic hydroxyl groups is 1. The van der Waals surface area contributed by atoms with E-state index >= 15 is 0 Å². The van der Waals surface area contributed by atoms with Crippen LogP contribution < -0.4 is 10.1 Å². The molecule has 0 bridgehead atoms. The van der Waals surface area contributed by atoms with Crippen molar-refractivity contribution in [3.63, 3.8) is 0 Å². The van der Waals surface area contributed by atoms with Crippen molar-refractivity contribution >= 4 is 21.8 Å². The first kappa shape index (κ1) is 17.2. The minimum Gasteiger partial charge on any atom is -0.497 e. The Morgan fingerprint density at radius 3 is 2.91 bits per heavy atom. The van der Waals surface area contributed by atoms with Crippen molar-refractivity contribution in [3.05, 3.63) is 28.2 Å². The van der Waals surface area contributed by atoms with Gasteiger partial charge in [-0.25, -0.2) is 0 Å². The maximum Gasteiger partial charge on any atom is 0.252 e. The minimum absolute atomic E-state index is 0.176. The third-order valence-corrected chi connectivity index (χ3v) is 4.65. The molecule has 5 nitrogen and oxygen atoms in total. The predicted molar refractivity (Wildman–Crippen MR) is 87.2 cm³/mol. The number of ether oxygens (including phenoxy) is 2. The van der Waals surface area contributed by atoms with Crippen molar-refractivity contribution in [2.75, 3.05) is 26.9 Å². The molecule has 22 heavy (non-hydrogen) atoms. The molecule has 0 unspecified atom stereocenters. The lowest BCUT2D eigenvalue weighted by Crippen LogP contribution is -2.32. The van der Waals surface area contributed by atoms with Crippen LogP contribution in [0.25, 0.3) is 0 Å². The monoisotopic (exact) mass is 371 g/mol. The van der Waals surface area contributed by atoms with Crippen molar-refractivity contribution in [2.45, 2.75) is 25.4 Å². The predicted octanol–water partition coefficient (Wildman–Crippen LogP) is 2.37. The van der Waals surface area contributed by atoms with Crippen molar-refractivity contribution < 1.29 is 19.4 Å². The third-order valence-electron chi connectivity index (χ3n) is 3.95. The van der Waals surface area contributed by atoms with Crippen molar-refractivity contribution in [1.29, 1.82) is 0 Å². The van der Waals surface area contributed by atoms with Crippen LogP contribution in [-0.2, 0) is 4.74 Å². The Hall–Kier alpha value is -1.11. The summed E-state index contributed by atoms with van der Waals surface area (Å²) in [6, 6.07) is 5.26. The molecule has 1 amide bonds. The second-order valence-electron chi connectivity index (χ2n) is 5.41. The second-order valence-corrected chi connectivity index (χ2v) is 6.26. The normalized spacial score (nSPS) is 17.0. The summed E-state index contributed by atoms with van der Waals surface area (Å²) >= 11 is 3.36. The molecule has 1 fully saturated rings. The number of hydrogen-bond acceptors (Lipinski definition) is 4. The van der Waals surface area contributed by atoms with E-state index in [9.17, 15) is 9.90 Å². The highest BCUT2D eigenvalue weighted by Crippen LogP contribution is 2.23. The van der Waals surface area contributed by atoms with Crippen LogP contribution in [0.15, 0.2) is 22.7 Å². The van der Waals surface area contributed by atoms with E-state index in [1.54, 1.807) is 25.3 Å². The average Bonchev–Trinajstić information content (AvgIpc) is 2.55. The van der Waals surface area contributed by atoms with Crippen molar-refractivity contribution in [2.24, 2.45) is 5.92 Å². The van der Waals surface area contributed by atoms with Crippen molar-refractivity contribution in [3.8, 4) is 5.75 Å². The van der Waals surface area contributed by atoms with Gasteiger partial charge in [-0.05, 0) is 59.3 Å². The molecule has 0 aromatic heterocycles. The lowest BCUT2D eigenvalue weighted by Gasteiger charge is -2.26. The summed E-state index contributed by atoms with van der Waals surface area (Å²) in [7, 11) is 1.56. The number of hydrogen-bond donors (Lipinski definition) is 2. The van der Waals surface area contributed by atoms with E-state index in [0.29, 0.717) is 37.5 Å². The first-order valence-electron chi connectivity index (χ1n) is 7.49. The molecular weight excluding hydrogens is 350 g/mol. The number of amides is 1. The molecule has 0 spiro atoms. The number of halogens is 1. The molecule has 2 N–H and O–H groups in total. The molecule has 1 aliphatic rings. The Labute approximate surface area is 139 Å². The zero-order chi connectivity index (χ0) is 15.9. The van der Waals surface area contributed by atoms with Gasteiger partial charge in [0.25, 0.3) is 5.91 Å². The van der Waals surface area contributed by atoms with Gasteiger partial charge < -0.3 is 19.9 Å². The van der Waals surface area contributed by atoms with Crippen LogP contribution in [-0.4, -0.2) is 44.0 Å². The molecule has 6 heteroatoms. The number of nitrogens with one attached hydrogen (secondary N) is 1. The summed E-state index contributed by atoms with van der Waals surface area (Å²) in [6.45, 7) is 1.87. The lowest BCUT2D eigenvalue weighted by molar-refractivity contribution is 0.00528. The number of rotatable bonds is 6. The van der Waals surface area contributed by atoms with Crippen LogP contribution in [0.4, 0.5) is 0 Å². The Kier molecular flexibility index (Phi) is 6.67. The third kappa shape index (κ3) is 4.69. The summed E-state index contributed by atoms with van der Waals surface area (Å²) in [6.07, 6.45) is 1.93. The maximum absolute atomic E-state index is 12.2. The smallest absolute Gasteiger partial charge is 0.252 e. The molecule has 1 aromatic rings. The highest BCUT2D eigenvalue weighted by atomic mass is 79.9. The Morgan fingerprint density at radius 2 is 2.23 bits per heavy atom. The number of carbonyl (C=O) groups is 1. The highest BCUT2D eigenvalue weighted by Gasteiger charge is 2.22. The zero-order valence-corrected chi connectivity index (χ0v) is 14.3. The van der Waals surface area contributed by atoms with Gasteiger partial charge in [-0.2, -0.15) is 0 Å². The van der Waals surface area contributed by atoms with Gasteiger partial charge in [0.05, 0.1) is 18.8 Å². The maximum atomic E-state index is 12.2. The Balaban J connectivity index is 1.82. The standard InChI is InChI=1S/C16H22BrNO4/c1-21-12-2-3-14(17)13(10-12)16(20)18-7-4-15(19)11-5-8-22-9-6-11/h2-3,10-11,15,19H,4-9H2,1H3,(H,18,20)/t15-/m1/s1. The molecule has 1 atom stereocenters. The van der Waals surface area contributed by atoms with Gasteiger partial charge in [0.15, 0.2) is 0 Å². The van der Waals surface area contributed by atoms with E-state index in [-0.39, 0.29) is 11.8 Å². The molecule has 1 aliphatic heterocycles. The van der Waals surface area contributed by atoms with Crippen LogP contribution in [0.1, 0.15) is 29.6 Å². The molecule has 122 valence electrons. The van der Waals surface area contributed by atoms with Gasteiger partial charge in [-0.3, -0.25) is 4.79 Å². The molecule has 0 saturated carbocycles. The second kappa shape index (κ2) is 8.50. The van der Waals surface area contributed by atoms with E-state index in [2.05, 4.69) is 21.2 Å². The number of aliphatic hydroxyl groups excluding tert-OH is 1. The summed E-state index contributed by atoms with van der Waals surface area (Å²) < 4.78 is 11.1. The van der Waals surface area contributed by atoms with E-state index in [1.807, 2.05) is 0 Å². The van der Waals surface area contributed by atoms with Gasteiger partial charge in [-0.1, -0.05) is 0 Å². The van der Waals surface area contributed by atoms with Crippen LogP contribution in [0.3, 0.4) is 0 Å². The quantitative estimate of drug-likeness (QED) is 0.805. The van der Waals surface area contributed by atoms with Gasteiger partial charge >= 0.3 is 0 Å². The van der Waals surface area contributed by atoms with Gasteiger partial charge in [0.2, 0.25) is 0 Å². The van der Waals surface area contributed by atoms with Crippen LogP contribution in [0, 0.1) is 5.92 Å². The topological polar surface area (TPSA) is 67.8 Å². The van der Waals surface area contributed by atoms with Crippen LogP contribution >= 0.6 is 15.9 Å². The van der Waals surface area contributed by atoms with E-state index < -0.39 is 6.10 Å². The van der Waals surface area contributed by atoms with Gasteiger partial charge in [0, 0.05) is 24.2 Å². The number of carbonyl (C=O) groups excluding carboxylic acids is 1. The molecule has 2 rings (SSSR count). The van der Waals surface area contributed by atoms with Gasteiger partial charge in [0.1, 0.15) is 5.75 Å². The minimum atomic E-state index is -0.391. The van der Waals surface area contributed by atoms with Crippen molar-refractivity contribution in [1.82, 2.24) is 5.32 Å². The number of benzene rings is 1. The van der Waals surface area contributed by atoms with Crippen LogP contribution in [0.5, 0.6) is 5.75 Å². The largest absolute Gasteiger partial charge is 0.497 e. The fourth-order valence-corrected chi connectivity index (χ4v) is 3.00. The summed E-state index contributed by atoms with van der Waals surface area (Å²) in [5, 5.41) is 13.0. The lowest BCUT2D eigenvalue weighted by atomic mass is 9.92. The fraction of sp³-hybridized carbons (Fsp3) is 0.562. The van der Waals surface area contributed by atoms with Crippen LogP contribution in [0.2, 0.25) is 0 Å². The molecule has 1 heterocycles. The zero-order valence-electron chi connectivity index (χ0n) is 12.7. The summed E-state index contributed by atoms with van der Waals surface area (Å²) in [5.41, 5.74) is 0.528. The first-order chi connectivity index (χ1) is 10.6. The SMILES string of the molecule is COc1ccc(Br)c(C(=O)NCC[C@@H](O)C2CCOCC2)c1. The molecule has 1 aromatic carbocycles. The van der Waals surface area contributed by atoms with E-state index in [4.69, 9.17) is 9.47 Å². The Bertz CT molecular complexity index is 503. The molecule has 1 saturated heterocycles. The molecule has 0 aliphatic carbocycles. The molecule has 0 radical (unpaired) electrons. The van der Waals surface area contributed by atoms with E-state index in [1.165, 1.54) is 0 Å².